The molecule has 2 aromatic rings. The molecule has 1 heterocycles. The van der Waals surface area contributed by atoms with Gasteiger partial charge in [0.1, 0.15) is 9.88 Å². The number of nitrogens with two attached hydrogens (primary N) is 1. The highest BCUT2D eigenvalue weighted by Crippen LogP contribution is 2.29. The summed E-state index contributed by atoms with van der Waals surface area (Å²) in [4.78, 5) is 18.9. The van der Waals surface area contributed by atoms with Crippen LogP contribution in [-0.2, 0) is 6.42 Å². The second-order valence-corrected chi connectivity index (χ2v) is 5.56. The number of nitrogens with zero attached hydrogens (tertiary/aromatic N) is 2. The summed E-state index contributed by atoms with van der Waals surface area (Å²) >= 11 is 1.37. The number of rotatable bonds is 4. The molecule has 106 valence electrons. The summed E-state index contributed by atoms with van der Waals surface area (Å²) in [5.41, 5.74) is 5.08. The second-order valence-electron chi connectivity index (χ2n) is 4.56. The van der Waals surface area contributed by atoms with E-state index in [1.165, 1.54) is 11.3 Å². The SMILES string of the molecule is CCc1nc(-c2ccc(N(C)C)cc2)sc1C(=O)NN. The number of amides is 1. The fourth-order valence-electron chi connectivity index (χ4n) is 1.86. The summed E-state index contributed by atoms with van der Waals surface area (Å²) < 4.78 is 0. The number of thiazole rings is 1. The zero-order valence-electron chi connectivity index (χ0n) is 11.8. The number of hydrogen-bond acceptors (Lipinski definition) is 5. The van der Waals surface area contributed by atoms with Gasteiger partial charge in [0.25, 0.3) is 5.91 Å². The molecule has 0 aliphatic heterocycles. The van der Waals surface area contributed by atoms with Gasteiger partial charge in [-0.15, -0.1) is 11.3 Å². The van der Waals surface area contributed by atoms with Crippen LogP contribution in [0.1, 0.15) is 22.3 Å². The quantitative estimate of drug-likeness (QED) is 0.513. The molecule has 1 aromatic heterocycles. The van der Waals surface area contributed by atoms with E-state index in [9.17, 15) is 4.79 Å². The largest absolute Gasteiger partial charge is 0.378 e. The Balaban J connectivity index is 2.37. The number of hydrazine groups is 1. The van der Waals surface area contributed by atoms with Crippen molar-refractivity contribution in [3.05, 3.63) is 34.8 Å². The first-order valence-electron chi connectivity index (χ1n) is 6.35. The maximum Gasteiger partial charge on any atom is 0.277 e. The summed E-state index contributed by atoms with van der Waals surface area (Å²) in [5.74, 6) is 4.92. The smallest absolute Gasteiger partial charge is 0.277 e. The fourth-order valence-corrected chi connectivity index (χ4v) is 2.92. The lowest BCUT2D eigenvalue weighted by Crippen LogP contribution is -2.29. The Morgan fingerprint density at radius 1 is 1.35 bits per heavy atom. The third kappa shape index (κ3) is 2.81. The molecule has 0 saturated carbocycles. The predicted molar refractivity (Wildman–Crippen MR) is 82.9 cm³/mol. The van der Waals surface area contributed by atoms with E-state index in [1.54, 1.807) is 0 Å². The van der Waals surface area contributed by atoms with Crippen LogP contribution in [0, 0.1) is 0 Å². The lowest BCUT2D eigenvalue weighted by Gasteiger charge is -2.11. The summed E-state index contributed by atoms with van der Waals surface area (Å²) in [7, 11) is 3.99. The number of benzene rings is 1. The number of anilines is 1. The van der Waals surface area contributed by atoms with E-state index in [0.717, 1.165) is 22.0 Å². The molecule has 0 fully saturated rings. The molecule has 0 radical (unpaired) electrons. The van der Waals surface area contributed by atoms with E-state index < -0.39 is 0 Å². The van der Waals surface area contributed by atoms with Gasteiger partial charge in [-0.05, 0) is 30.7 Å². The van der Waals surface area contributed by atoms with Crippen molar-refractivity contribution in [3.63, 3.8) is 0 Å². The molecule has 0 aliphatic rings. The second kappa shape index (κ2) is 6.02. The van der Waals surface area contributed by atoms with Gasteiger partial charge in [0.2, 0.25) is 0 Å². The summed E-state index contributed by atoms with van der Waals surface area (Å²) in [6.07, 6.45) is 0.703. The van der Waals surface area contributed by atoms with E-state index in [4.69, 9.17) is 5.84 Å². The van der Waals surface area contributed by atoms with Crippen LogP contribution in [-0.4, -0.2) is 25.0 Å². The molecule has 20 heavy (non-hydrogen) atoms. The van der Waals surface area contributed by atoms with Crippen molar-refractivity contribution in [2.45, 2.75) is 13.3 Å². The van der Waals surface area contributed by atoms with Crippen molar-refractivity contribution in [2.75, 3.05) is 19.0 Å². The maximum atomic E-state index is 11.7. The van der Waals surface area contributed by atoms with Gasteiger partial charge in [-0.3, -0.25) is 10.2 Å². The minimum atomic E-state index is -0.282. The van der Waals surface area contributed by atoms with Crippen molar-refractivity contribution in [1.29, 1.82) is 0 Å². The van der Waals surface area contributed by atoms with Crippen LogP contribution in [0.3, 0.4) is 0 Å². The molecule has 2 rings (SSSR count). The van der Waals surface area contributed by atoms with Crippen molar-refractivity contribution in [2.24, 2.45) is 5.84 Å². The molecule has 6 heteroatoms. The monoisotopic (exact) mass is 290 g/mol. The molecule has 0 saturated heterocycles. The molecule has 1 aromatic carbocycles. The Bertz CT molecular complexity index is 604. The number of hydrogen-bond donors (Lipinski definition) is 2. The van der Waals surface area contributed by atoms with Gasteiger partial charge in [0, 0.05) is 25.3 Å². The van der Waals surface area contributed by atoms with Crippen LogP contribution in [0.4, 0.5) is 5.69 Å². The van der Waals surface area contributed by atoms with E-state index in [0.29, 0.717) is 11.3 Å². The minimum absolute atomic E-state index is 0.282. The number of aromatic nitrogens is 1. The van der Waals surface area contributed by atoms with E-state index in [1.807, 2.05) is 50.2 Å². The zero-order chi connectivity index (χ0) is 14.7. The van der Waals surface area contributed by atoms with Gasteiger partial charge in [-0.25, -0.2) is 10.8 Å². The summed E-state index contributed by atoms with van der Waals surface area (Å²) in [6.45, 7) is 1.97. The van der Waals surface area contributed by atoms with E-state index >= 15 is 0 Å². The fraction of sp³-hybridized carbons (Fsp3) is 0.286. The van der Waals surface area contributed by atoms with Gasteiger partial charge in [0.05, 0.1) is 5.69 Å². The Hall–Kier alpha value is -1.92. The van der Waals surface area contributed by atoms with E-state index in [-0.39, 0.29) is 5.91 Å². The molecule has 0 unspecified atom stereocenters. The highest BCUT2D eigenvalue weighted by molar-refractivity contribution is 7.17. The standard InChI is InChI=1S/C14H18N4OS/c1-4-11-12(13(19)17-15)20-14(16-11)9-5-7-10(8-6-9)18(2)3/h5-8H,4,15H2,1-3H3,(H,17,19). The third-order valence-electron chi connectivity index (χ3n) is 3.00. The first kappa shape index (κ1) is 14.5. The summed E-state index contributed by atoms with van der Waals surface area (Å²) in [6, 6.07) is 8.09. The molecule has 0 atom stereocenters. The molecule has 0 aliphatic carbocycles. The molecular formula is C14H18N4OS. The van der Waals surface area contributed by atoms with Crippen LogP contribution in [0.25, 0.3) is 10.6 Å². The molecule has 3 N–H and O–H groups in total. The lowest BCUT2D eigenvalue weighted by atomic mass is 10.2. The van der Waals surface area contributed by atoms with Crippen molar-refractivity contribution in [1.82, 2.24) is 10.4 Å². The number of nitrogens with one attached hydrogen (secondary N) is 1. The van der Waals surface area contributed by atoms with Crippen molar-refractivity contribution < 1.29 is 4.79 Å². The number of carbonyl (C=O) groups is 1. The first-order chi connectivity index (χ1) is 9.56. The number of carbonyl (C=O) groups excluding carboxylic acids is 1. The Morgan fingerprint density at radius 2 is 2.00 bits per heavy atom. The van der Waals surface area contributed by atoms with Crippen LogP contribution in [0.5, 0.6) is 0 Å². The summed E-state index contributed by atoms with van der Waals surface area (Å²) in [5, 5.41) is 0.839. The molecule has 1 amide bonds. The molecule has 0 spiro atoms. The topological polar surface area (TPSA) is 71.2 Å². The van der Waals surface area contributed by atoms with Crippen molar-refractivity contribution >= 4 is 22.9 Å². The Morgan fingerprint density at radius 3 is 2.50 bits per heavy atom. The molecule has 5 nitrogen and oxygen atoms in total. The van der Waals surface area contributed by atoms with Crippen LogP contribution >= 0.6 is 11.3 Å². The van der Waals surface area contributed by atoms with Crippen LogP contribution in [0.15, 0.2) is 24.3 Å². The highest BCUT2D eigenvalue weighted by atomic mass is 32.1. The molecular weight excluding hydrogens is 272 g/mol. The third-order valence-corrected chi connectivity index (χ3v) is 4.15. The first-order valence-corrected chi connectivity index (χ1v) is 7.16. The Labute approximate surface area is 122 Å². The van der Waals surface area contributed by atoms with Gasteiger partial charge in [0.15, 0.2) is 0 Å². The predicted octanol–water partition coefficient (Wildman–Crippen LogP) is 2.04. The minimum Gasteiger partial charge on any atom is -0.378 e. The molecule has 0 bridgehead atoms. The van der Waals surface area contributed by atoms with Crippen LogP contribution < -0.4 is 16.2 Å². The van der Waals surface area contributed by atoms with Gasteiger partial charge < -0.3 is 4.90 Å². The van der Waals surface area contributed by atoms with Crippen LogP contribution in [0.2, 0.25) is 0 Å². The lowest BCUT2D eigenvalue weighted by molar-refractivity contribution is 0.0956. The number of aryl methyl sites for hydroxylation is 1. The maximum absolute atomic E-state index is 11.7. The van der Waals surface area contributed by atoms with Crippen molar-refractivity contribution in [3.8, 4) is 10.6 Å². The number of nitrogen functional groups attached to an aromatic ring is 1. The van der Waals surface area contributed by atoms with E-state index in [2.05, 4.69) is 10.4 Å². The Kier molecular flexibility index (Phi) is 4.36. The average molecular weight is 290 g/mol. The zero-order valence-corrected chi connectivity index (χ0v) is 12.6. The normalized spacial score (nSPS) is 10.4. The highest BCUT2D eigenvalue weighted by Gasteiger charge is 2.16. The van der Waals surface area contributed by atoms with Gasteiger partial charge in [-0.2, -0.15) is 0 Å². The van der Waals surface area contributed by atoms with Gasteiger partial charge >= 0.3 is 0 Å². The average Bonchev–Trinajstić information content (AvgIpc) is 2.90. The van der Waals surface area contributed by atoms with Gasteiger partial charge in [-0.1, -0.05) is 6.92 Å².